The number of rotatable bonds is 3. The van der Waals surface area contributed by atoms with Crippen molar-refractivity contribution in [3.05, 3.63) is 29.2 Å². The third kappa shape index (κ3) is 4.25. The molecule has 0 aromatic heterocycles. The van der Waals surface area contributed by atoms with Gasteiger partial charge in [-0.2, -0.15) is 0 Å². The molecule has 1 aromatic rings. The maximum atomic E-state index is 7.72. The molecule has 0 heterocycles. The molecule has 0 aliphatic carbocycles. The minimum Gasteiger partial charge on any atom is -0.590 e. The van der Waals surface area contributed by atoms with Crippen molar-refractivity contribution in [2.75, 3.05) is 7.11 Å². The second-order valence-corrected chi connectivity index (χ2v) is 3.09. The Hall–Kier alpha value is -0.998. The van der Waals surface area contributed by atoms with E-state index in [9.17, 15) is 0 Å². The summed E-state index contributed by atoms with van der Waals surface area (Å²) in [5.41, 5.74) is 9.30. The zero-order valence-corrected chi connectivity index (χ0v) is 10.9. The molecule has 0 aliphatic heterocycles. The Morgan fingerprint density at radius 1 is 1.62 bits per heavy atom. The van der Waals surface area contributed by atoms with Crippen LogP contribution in [0, 0.1) is 0 Å². The van der Waals surface area contributed by atoms with Crippen molar-refractivity contribution in [3.63, 3.8) is 0 Å². The van der Waals surface area contributed by atoms with E-state index < -0.39 is 0 Å². The van der Waals surface area contributed by atoms with Crippen LogP contribution < -0.4 is 10.5 Å². The number of hydrogen-bond donors (Lipinski definition) is 1. The molecule has 7 heteroatoms. The molecule has 0 saturated heterocycles. The van der Waals surface area contributed by atoms with Gasteiger partial charge in [0.05, 0.1) is 12.7 Å². The van der Waals surface area contributed by atoms with E-state index in [0.29, 0.717) is 11.3 Å². The Bertz CT molecular complexity index is 398. The predicted molar refractivity (Wildman–Crippen MR) is 65.0 cm³/mol. The summed E-state index contributed by atoms with van der Waals surface area (Å²) in [4.78, 5) is 0. The number of thiol groups is 1. The first-order valence-corrected chi connectivity index (χ1v) is 4.54. The summed E-state index contributed by atoms with van der Waals surface area (Å²) >= 11 is 3.75. The molecule has 0 aliphatic rings. The van der Waals surface area contributed by atoms with Gasteiger partial charge in [0.1, 0.15) is 0 Å². The Morgan fingerprint density at radius 2 is 2.31 bits per heavy atom. The van der Waals surface area contributed by atoms with Gasteiger partial charge in [-0.15, -0.1) is 0 Å². The van der Waals surface area contributed by atoms with Gasteiger partial charge in [-0.1, -0.05) is 6.07 Å². The molecule has 0 fully saturated rings. The molecular weight excluding hydrogens is 321 g/mol. The monoisotopic (exact) mass is 332 g/mol. The van der Waals surface area contributed by atoms with Crippen molar-refractivity contribution in [2.45, 2.75) is 0 Å². The van der Waals surface area contributed by atoms with E-state index in [-0.39, 0.29) is 31.3 Å². The smallest absolute Gasteiger partial charge is 0.590 e. The van der Waals surface area contributed by atoms with Crippen LogP contribution in [0.1, 0.15) is 5.56 Å². The van der Waals surface area contributed by atoms with Crippen LogP contribution in [-0.4, -0.2) is 23.5 Å². The van der Waals surface area contributed by atoms with E-state index in [1.54, 1.807) is 18.2 Å². The Balaban J connectivity index is 0.00000225. The molecule has 16 heavy (non-hydrogen) atoms. The number of para-hydroxylation sites is 1. The maximum absolute atomic E-state index is 7.72. The van der Waals surface area contributed by atoms with Crippen LogP contribution in [0.25, 0.3) is 5.43 Å². The van der Waals surface area contributed by atoms with Gasteiger partial charge in [-0.05, 0) is 12.1 Å². The van der Waals surface area contributed by atoms with Gasteiger partial charge in [-0.3, -0.25) is 5.73 Å². The molecular formula is C9H12N3O2PdS+3. The summed E-state index contributed by atoms with van der Waals surface area (Å²) in [7, 11) is 1.51. The van der Waals surface area contributed by atoms with Gasteiger partial charge in [0, 0.05) is 6.21 Å². The largest absolute Gasteiger partial charge is 2.00 e. The van der Waals surface area contributed by atoms with Crippen molar-refractivity contribution in [1.29, 1.82) is 0 Å². The molecule has 0 unspecified atom stereocenters. The van der Waals surface area contributed by atoms with Crippen LogP contribution in [-0.2, 0) is 32.6 Å². The van der Waals surface area contributed by atoms with Crippen LogP contribution in [0.4, 0.5) is 0 Å². The topological polar surface area (TPSA) is 84.6 Å². The number of hydrogen-bond acceptors (Lipinski definition) is 2. The zero-order valence-electron chi connectivity index (χ0n) is 8.45. The molecule has 0 amide bonds. The molecule has 0 spiro atoms. The first-order chi connectivity index (χ1) is 7.15. The van der Waals surface area contributed by atoms with E-state index in [1.807, 2.05) is 0 Å². The third-order valence-electron chi connectivity index (χ3n) is 1.64. The zero-order chi connectivity index (χ0) is 11.3. The van der Waals surface area contributed by atoms with E-state index in [0.717, 1.165) is 0 Å². The molecule has 88 valence electrons. The summed E-state index contributed by atoms with van der Waals surface area (Å²) in [6.07, 6.45) is 1.42. The molecule has 0 radical (unpaired) electrons. The summed E-state index contributed by atoms with van der Waals surface area (Å²) in [5, 5.41) is 11.5. The van der Waals surface area contributed by atoms with Crippen LogP contribution >= 0.6 is 0 Å². The number of nitrogens with two attached hydrogens (primary N) is 1. The summed E-state index contributed by atoms with van der Waals surface area (Å²) < 4.78 is 4.99. The molecule has 1 rings (SSSR count). The van der Waals surface area contributed by atoms with Crippen molar-refractivity contribution in [1.82, 2.24) is 0 Å². The first-order valence-electron chi connectivity index (χ1n) is 4.09. The van der Waals surface area contributed by atoms with Crippen LogP contribution in [0.5, 0.6) is 11.5 Å². The first kappa shape index (κ1) is 15.0. The predicted octanol–water partition coefficient (Wildman–Crippen LogP) is 0.163. The van der Waals surface area contributed by atoms with Gasteiger partial charge < -0.3 is 20.4 Å². The molecule has 4 N–H and O–H groups in total. The van der Waals surface area contributed by atoms with Crippen molar-refractivity contribution < 1.29 is 30.3 Å². The van der Waals surface area contributed by atoms with Crippen LogP contribution in [0.15, 0.2) is 23.3 Å². The quantitative estimate of drug-likeness (QED) is 0.214. The van der Waals surface area contributed by atoms with Gasteiger partial charge in [0.2, 0.25) is 5.75 Å². The van der Waals surface area contributed by atoms with Crippen molar-refractivity contribution in [2.24, 2.45) is 10.8 Å². The van der Waals surface area contributed by atoms with Crippen LogP contribution in [0.2, 0.25) is 0 Å². The van der Waals surface area contributed by atoms with Gasteiger partial charge in [0.25, 0.3) is 0 Å². The second kappa shape index (κ2) is 7.30. The van der Waals surface area contributed by atoms with Crippen LogP contribution in [0.3, 0.4) is 0 Å². The molecule has 5 nitrogen and oxygen atoms in total. The number of ether oxygens (including phenoxy) is 1. The Morgan fingerprint density at radius 3 is 2.88 bits per heavy atom. The number of benzene rings is 1. The van der Waals surface area contributed by atoms with Crippen molar-refractivity contribution in [3.8, 4) is 11.5 Å². The molecule has 0 atom stereocenters. The summed E-state index contributed by atoms with van der Waals surface area (Å²) in [5.74, 6) is 0.749. The molecule has 0 bridgehead atoms. The molecule has 1 aromatic carbocycles. The maximum Gasteiger partial charge on any atom is 2.00 e. The van der Waals surface area contributed by atoms with E-state index >= 15 is 0 Å². The van der Waals surface area contributed by atoms with Crippen molar-refractivity contribution >= 4 is 23.5 Å². The normalized spacial score (nSPS) is 9.62. The van der Waals surface area contributed by atoms with E-state index in [1.165, 1.54) is 13.3 Å². The fourth-order valence-corrected chi connectivity index (χ4v) is 1.03. The van der Waals surface area contributed by atoms with Gasteiger partial charge >= 0.3 is 26.2 Å². The second-order valence-electron chi connectivity index (χ2n) is 2.63. The fraction of sp³-hybridized carbons (Fsp3) is 0.111. The Kier molecular flexibility index (Phi) is 6.85. The summed E-state index contributed by atoms with van der Waals surface area (Å²) in [6.45, 7) is 0. The van der Waals surface area contributed by atoms with E-state index in [2.05, 4.69) is 22.7 Å². The number of methoxy groups -OCH3 is 1. The minimum atomic E-state index is 0. The third-order valence-corrected chi connectivity index (χ3v) is 1.72. The standard InChI is InChI=1S/C9H11N3O2S.Pd/c1-14-7-4-2-3-6(8(7)13)5-11-12-9(10)15;/h2-5H,1H3,(H4,10,11,12,13,15);/q;+2/p+1. The van der Waals surface area contributed by atoms with E-state index in [4.69, 9.17) is 15.6 Å². The minimum absolute atomic E-state index is 0. The molecule has 0 saturated carbocycles. The van der Waals surface area contributed by atoms with Gasteiger partial charge in [0.15, 0.2) is 17.3 Å². The average Bonchev–Trinajstić information content (AvgIpc) is 2.20. The average molecular weight is 333 g/mol. The fourth-order valence-electron chi connectivity index (χ4n) is 0.976. The van der Waals surface area contributed by atoms with Gasteiger partial charge in [-0.25, -0.2) is 0 Å². The Labute approximate surface area is 112 Å². The summed E-state index contributed by atoms with van der Waals surface area (Å²) in [6, 6.07) is 5.21. The SMILES string of the molecule is COc1cccc(C=N[N-]C(N)=[SH+])c1[OH2+].[Pd+2]. The number of nitrogens with zero attached hydrogens (tertiary/aromatic N) is 2.